The van der Waals surface area contributed by atoms with Crippen molar-refractivity contribution in [2.45, 2.75) is 26.8 Å². The molecule has 2 aromatic carbocycles. The zero-order valence-electron chi connectivity index (χ0n) is 16.7. The van der Waals surface area contributed by atoms with Crippen LogP contribution in [0.25, 0.3) is 0 Å². The highest BCUT2D eigenvalue weighted by molar-refractivity contribution is 6.06. The molecule has 1 unspecified atom stereocenters. The summed E-state index contributed by atoms with van der Waals surface area (Å²) in [7, 11) is 1.62. The number of hydrogen-bond donors (Lipinski definition) is 2. The number of amides is 1. The smallest absolute Gasteiger partial charge is 0.255 e. The summed E-state index contributed by atoms with van der Waals surface area (Å²) in [5, 5.41) is 18.1. The fraction of sp³-hybridized carbons (Fsp3) is 0.238. The van der Waals surface area contributed by atoms with Gasteiger partial charge in [-0.15, -0.1) is 0 Å². The van der Waals surface area contributed by atoms with Crippen molar-refractivity contribution in [3.05, 3.63) is 70.4 Å². The SMILES string of the molecule is COc1ccc(C2C(C(=O)Nc3ccc(C)cc3C)=C(C)Nc3nnnn32)cc1. The number of carbonyl (C=O) groups excluding carboxylic acids is 1. The van der Waals surface area contributed by atoms with E-state index in [-0.39, 0.29) is 5.91 Å². The Morgan fingerprint density at radius 2 is 1.90 bits per heavy atom. The van der Waals surface area contributed by atoms with Crippen molar-refractivity contribution >= 4 is 17.5 Å². The summed E-state index contributed by atoms with van der Waals surface area (Å²) in [6, 6.07) is 13.0. The van der Waals surface area contributed by atoms with Crippen molar-refractivity contribution in [2.24, 2.45) is 0 Å². The third-order valence-corrected chi connectivity index (χ3v) is 5.02. The van der Waals surface area contributed by atoms with Gasteiger partial charge in [0.05, 0.1) is 12.7 Å². The van der Waals surface area contributed by atoms with Crippen molar-refractivity contribution in [1.82, 2.24) is 20.2 Å². The molecule has 2 N–H and O–H groups in total. The van der Waals surface area contributed by atoms with Crippen molar-refractivity contribution in [3.63, 3.8) is 0 Å². The van der Waals surface area contributed by atoms with Crippen molar-refractivity contribution in [3.8, 4) is 5.75 Å². The molecule has 0 saturated heterocycles. The molecular weight excluding hydrogens is 368 g/mol. The molecule has 2 heterocycles. The van der Waals surface area contributed by atoms with E-state index >= 15 is 0 Å². The van der Waals surface area contributed by atoms with Crippen molar-refractivity contribution in [1.29, 1.82) is 0 Å². The van der Waals surface area contributed by atoms with Gasteiger partial charge >= 0.3 is 0 Å². The maximum absolute atomic E-state index is 13.3. The first-order valence-electron chi connectivity index (χ1n) is 9.26. The molecule has 0 radical (unpaired) electrons. The molecule has 148 valence electrons. The van der Waals surface area contributed by atoms with Gasteiger partial charge in [0, 0.05) is 11.4 Å². The van der Waals surface area contributed by atoms with E-state index in [2.05, 4.69) is 26.2 Å². The van der Waals surface area contributed by atoms with Gasteiger partial charge in [-0.05, 0) is 60.5 Å². The summed E-state index contributed by atoms with van der Waals surface area (Å²) in [6.07, 6.45) is 0. The summed E-state index contributed by atoms with van der Waals surface area (Å²) in [6.45, 7) is 5.85. The fourth-order valence-corrected chi connectivity index (χ4v) is 3.54. The van der Waals surface area contributed by atoms with Crippen LogP contribution in [0.5, 0.6) is 5.75 Å². The predicted molar refractivity (Wildman–Crippen MR) is 110 cm³/mol. The molecule has 0 spiro atoms. The van der Waals surface area contributed by atoms with E-state index in [1.165, 1.54) is 0 Å². The Hall–Kier alpha value is -3.68. The quantitative estimate of drug-likeness (QED) is 0.710. The van der Waals surface area contributed by atoms with Crippen LogP contribution in [0.1, 0.15) is 29.7 Å². The van der Waals surface area contributed by atoms with Crippen molar-refractivity contribution in [2.75, 3.05) is 17.7 Å². The summed E-state index contributed by atoms with van der Waals surface area (Å²) in [4.78, 5) is 13.3. The standard InChI is InChI=1S/C21H22N6O2/c1-12-5-10-17(13(2)11-12)23-20(28)18-14(3)22-21-24-25-26-27(21)19(18)15-6-8-16(29-4)9-7-15/h5-11,19H,1-4H3,(H,23,28)(H,22,24,26). The lowest BCUT2D eigenvalue weighted by Crippen LogP contribution is -2.31. The first kappa shape index (κ1) is 18.7. The van der Waals surface area contributed by atoms with E-state index in [1.807, 2.05) is 63.2 Å². The number of hydrogen-bond acceptors (Lipinski definition) is 6. The number of carbonyl (C=O) groups is 1. The minimum absolute atomic E-state index is 0.205. The molecule has 1 atom stereocenters. The van der Waals surface area contributed by atoms with Gasteiger partial charge < -0.3 is 15.4 Å². The van der Waals surface area contributed by atoms with Crippen LogP contribution in [0.2, 0.25) is 0 Å². The Morgan fingerprint density at radius 1 is 1.14 bits per heavy atom. The van der Waals surface area contributed by atoms with Gasteiger partial charge in [0.1, 0.15) is 11.8 Å². The summed E-state index contributed by atoms with van der Waals surface area (Å²) in [5.74, 6) is 1.02. The van der Waals surface area contributed by atoms with Gasteiger partial charge in [-0.2, -0.15) is 4.68 Å². The number of nitrogens with one attached hydrogen (secondary N) is 2. The normalized spacial score (nSPS) is 15.5. The largest absolute Gasteiger partial charge is 0.497 e. The molecule has 0 aliphatic carbocycles. The Morgan fingerprint density at radius 3 is 2.59 bits per heavy atom. The summed E-state index contributed by atoms with van der Waals surface area (Å²) >= 11 is 0. The lowest BCUT2D eigenvalue weighted by molar-refractivity contribution is -0.113. The second kappa shape index (κ2) is 7.38. The van der Waals surface area contributed by atoms with Gasteiger partial charge in [-0.25, -0.2) is 0 Å². The highest BCUT2D eigenvalue weighted by atomic mass is 16.5. The number of rotatable bonds is 4. The van der Waals surface area contributed by atoms with E-state index in [9.17, 15) is 4.79 Å². The topological polar surface area (TPSA) is 94.0 Å². The number of tetrazole rings is 1. The van der Waals surface area contributed by atoms with Crippen LogP contribution in [0.3, 0.4) is 0 Å². The van der Waals surface area contributed by atoms with Crippen LogP contribution in [0.4, 0.5) is 11.6 Å². The number of ether oxygens (including phenoxy) is 1. The lowest BCUT2D eigenvalue weighted by atomic mass is 9.94. The summed E-state index contributed by atoms with van der Waals surface area (Å²) < 4.78 is 6.87. The number of aromatic nitrogens is 4. The van der Waals surface area contributed by atoms with Gasteiger partial charge in [0.25, 0.3) is 5.91 Å². The molecule has 1 aromatic heterocycles. The Kier molecular flexibility index (Phi) is 4.75. The number of fused-ring (bicyclic) bond motifs is 1. The molecular formula is C21H22N6O2. The van der Waals surface area contributed by atoms with Gasteiger partial charge in [-0.1, -0.05) is 34.9 Å². The molecule has 0 bridgehead atoms. The van der Waals surface area contributed by atoms with Crippen LogP contribution in [-0.4, -0.2) is 33.2 Å². The maximum atomic E-state index is 13.3. The van der Waals surface area contributed by atoms with E-state index in [0.717, 1.165) is 28.1 Å². The molecule has 0 fully saturated rings. The average molecular weight is 390 g/mol. The third-order valence-electron chi connectivity index (χ3n) is 5.02. The van der Waals surface area contributed by atoms with Crippen LogP contribution in [0.15, 0.2) is 53.7 Å². The monoisotopic (exact) mass is 390 g/mol. The maximum Gasteiger partial charge on any atom is 0.255 e. The number of anilines is 2. The fourth-order valence-electron chi connectivity index (χ4n) is 3.54. The molecule has 1 amide bonds. The number of allylic oxidation sites excluding steroid dienone is 1. The van der Waals surface area contributed by atoms with Gasteiger partial charge in [0.2, 0.25) is 5.95 Å². The van der Waals surface area contributed by atoms with Crippen LogP contribution >= 0.6 is 0 Å². The minimum Gasteiger partial charge on any atom is -0.497 e. The Bertz CT molecular complexity index is 1100. The number of methoxy groups -OCH3 is 1. The zero-order chi connectivity index (χ0) is 20.5. The molecule has 8 nitrogen and oxygen atoms in total. The second-order valence-corrected chi connectivity index (χ2v) is 7.06. The first-order chi connectivity index (χ1) is 14.0. The molecule has 3 aromatic rings. The average Bonchev–Trinajstić information content (AvgIpc) is 3.17. The van der Waals surface area contributed by atoms with E-state index in [1.54, 1.807) is 11.8 Å². The number of nitrogens with zero attached hydrogens (tertiary/aromatic N) is 4. The van der Waals surface area contributed by atoms with Crippen LogP contribution < -0.4 is 15.4 Å². The van der Waals surface area contributed by atoms with E-state index in [0.29, 0.717) is 17.2 Å². The molecule has 29 heavy (non-hydrogen) atoms. The predicted octanol–water partition coefficient (Wildman–Crippen LogP) is 3.23. The molecule has 1 aliphatic rings. The Balaban J connectivity index is 1.75. The van der Waals surface area contributed by atoms with Gasteiger partial charge in [0.15, 0.2) is 0 Å². The molecule has 0 saturated carbocycles. The number of benzene rings is 2. The lowest BCUT2D eigenvalue weighted by Gasteiger charge is -2.28. The van der Waals surface area contributed by atoms with Crippen LogP contribution in [-0.2, 0) is 4.79 Å². The third kappa shape index (κ3) is 3.44. The van der Waals surface area contributed by atoms with Crippen LogP contribution in [0, 0.1) is 13.8 Å². The minimum atomic E-state index is -0.460. The van der Waals surface area contributed by atoms with Crippen molar-refractivity contribution < 1.29 is 9.53 Å². The number of aryl methyl sites for hydroxylation is 2. The first-order valence-corrected chi connectivity index (χ1v) is 9.26. The zero-order valence-corrected chi connectivity index (χ0v) is 16.7. The highest BCUT2D eigenvalue weighted by Gasteiger charge is 2.34. The molecule has 1 aliphatic heterocycles. The molecule has 4 rings (SSSR count). The Labute approximate surface area is 168 Å². The summed E-state index contributed by atoms with van der Waals surface area (Å²) in [5.41, 5.74) is 5.06. The second-order valence-electron chi connectivity index (χ2n) is 7.06. The van der Waals surface area contributed by atoms with Gasteiger partial charge in [-0.3, -0.25) is 4.79 Å². The molecule has 8 heteroatoms. The highest BCUT2D eigenvalue weighted by Crippen LogP contribution is 2.35. The van der Waals surface area contributed by atoms with E-state index in [4.69, 9.17) is 4.74 Å². The van der Waals surface area contributed by atoms with E-state index < -0.39 is 6.04 Å².